The summed E-state index contributed by atoms with van der Waals surface area (Å²) in [7, 11) is 0. The number of ketones is 2. The predicted molar refractivity (Wildman–Crippen MR) is 136 cm³/mol. The highest BCUT2D eigenvalue weighted by atomic mass is 79.9. The fraction of sp³-hybridized carbons (Fsp3) is 0.286. The first kappa shape index (κ1) is 23.4. The molecule has 0 radical (unpaired) electrons. The molecule has 178 valence electrons. The summed E-state index contributed by atoms with van der Waals surface area (Å²) < 4.78 is 6.30. The minimum absolute atomic E-state index is 0.00497. The lowest BCUT2D eigenvalue weighted by atomic mass is 9.78. The van der Waals surface area contributed by atoms with Gasteiger partial charge in [0.25, 0.3) is 0 Å². The third-order valence-corrected chi connectivity index (χ3v) is 7.14. The van der Waals surface area contributed by atoms with Gasteiger partial charge in [-0.15, -0.1) is 0 Å². The quantitative estimate of drug-likeness (QED) is 0.294. The Morgan fingerprint density at radius 3 is 2.57 bits per heavy atom. The van der Waals surface area contributed by atoms with Gasteiger partial charge in [0.05, 0.1) is 28.2 Å². The highest BCUT2D eigenvalue weighted by Crippen LogP contribution is 2.35. The number of aromatic nitrogens is 1. The molecule has 2 aliphatic rings. The molecule has 2 aromatic carbocycles. The summed E-state index contributed by atoms with van der Waals surface area (Å²) in [4.78, 5) is 30.5. The number of carbonyl (C=O) groups excluding carboxylic acids is 2. The smallest absolute Gasteiger partial charge is 0.168 e. The number of aliphatic hydroxyl groups is 1. The summed E-state index contributed by atoms with van der Waals surface area (Å²) in [5, 5.41) is 15.2. The number of fused-ring (bicyclic) bond motifs is 1. The molecule has 7 heteroatoms. The normalized spacial score (nSPS) is 20.7. The SMILES string of the molecule is O=C1CC(c2ccccc2)CC(=Nc2ccc(Br)cc2)/C1=C(\O)CCc1noc2c1C(=O)CCC2. The number of rotatable bonds is 5. The van der Waals surface area contributed by atoms with E-state index >= 15 is 0 Å². The molecule has 1 unspecified atom stereocenters. The molecule has 35 heavy (non-hydrogen) atoms. The molecule has 2 aliphatic carbocycles. The van der Waals surface area contributed by atoms with Crippen LogP contribution in [-0.4, -0.2) is 27.5 Å². The van der Waals surface area contributed by atoms with Crippen molar-refractivity contribution in [3.05, 3.63) is 93.0 Å². The van der Waals surface area contributed by atoms with Gasteiger partial charge >= 0.3 is 0 Å². The lowest BCUT2D eigenvalue weighted by molar-refractivity contribution is -0.116. The van der Waals surface area contributed by atoms with Crippen LogP contribution in [0, 0.1) is 0 Å². The van der Waals surface area contributed by atoms with E-state index in [1.54, 1.807) is 0 Å². The van der Waals surface area contributed by atoms with E-state index in [0.717, 1.165) is 16.5 Å². The van der Waals surface area contributed by atoms with Gasteiger partial charge in [-0.25, -0.2) is 0 Å². The largest absolute Gasteiger partial charge is 0.511 e. The van der Waals surface area contributed by atoms with Crippen molar-refractivity contribution in [3.63, 3.8) is 0 Å². The number of aliphatic hydroxyl groups excluding tert-OH is 1. The average molecular weight is 533 g/mol. The molecule has 0 amide bonds. The molecule has 3 aromatic rings. The Bertz CT molecular complexity index is 1320. The van der Waals surface area contributed by atoms with Gasteiger partial charge in [-0.2, -0.15) is 0 Å². The highest BCUT2D eigenvalue weighted by molar-refractivity contribution is 9.10. The molecule has 1 atom stereocenters. The Morgan fingerprint density at radius 2 is 1.80 bits per heavy atom. The maximum Gasteiger partial charge on any atom is 0.168 e. The Hall–Kier alpha value is -3.32. The van der Waals surface area contributed by atoms with Gasteiger partial charge in [-0.1, -0.05) is 51.4 Å². The number of hydrogen-bond acceptors (Lipinski definition) is 6. The van der Waals surface area contributed by atoms with Crippen LogP contribution in [0.1, 0.15) is 65.4 Å². The van der Waals surface area contributed by atoms with Crippen LogP contribution in [0.4, 0.5) is 5.69 Å². The van der Waals surface area contributed by atoms with Crippen LogP contribution in [0.25, 0.3) is 0 Å². The average Bonchev–Trinajstić information content (AvgIpc) is 3.29. The van der Waals surface area contributed by atoms with Gasteiger partial charge in [-0.3, -0.25) is 14.6 Å². The van der Waals surface area contributed by atoms with Gasteiger partial charge in [0.2, 0.25) is 0 Å². The van der Waals surface area contributed by atoms with E-state index < -0.39 is 0 Å². The number of carbonyl (C=O) groups is 2. The van der Waals surface area contributed by atoms with E-state index in [1.807, 2.05) is 54.6 Å². The lowest BCUT2D eigenvalue weighted by Gasteiger charge is -2.26. The summed E-state index contributed by atoms with van der Waals surface area (Å²) in [6.07, 6.45) is 3.30. The summed E-state index contributed by atoms with van der Waals surface area (Å²) >= 11 is 3.44. The standard InChI is InChI=1S/C28H25BrN2O4/c29-19-9-11-20(12-10-19)30-22-15-18(17-5-2-1-3-6-17)16-25(34)27(22)24(33)14-13-21-28-23(32)7-4-8-26(28)35-31-21/h1-3,5-6,9-12,18,33H,4,7-8,13-16H2/b27-24+,30-22?. The third kappa shape index (κ3) is 5.05. The van der Waals surface area contributed by atoms with E-state index in [9.17, 15) is 14.7 Å². The first-order chi connectivity index (χ1) is 17.0. The van der Waals surface area contributed by atoms with Crippen LogP contribution in [0.15, 0.2) is 79.9 Å². The van der Waals surface area contributed by atoms with Gasteiger partial charge in [0, 0.05) is 36.6 Å². The third-order valence-electron chi connectivity index (χ3n) is 6.61. The van der Waals surface area contributed by atoms with Crippen LogP contribution in [0.5, 0.6) is 0 Å². The van der Waals surface area contributed by atoms with Crippen molar-refractivity contribution in [2.45, 2.75) is 50.9 Å². The molecule has 1 aromatic heterocycles. The molecule has 0 saturated heterocycles. The lowest BCUT2D eigenvalue weighted by Crippen LogP contribution is -2.26. The highest BCUT2D eigenvalue weighted by Gasteiger charge is 2.33. The van der Waals surface area contributed by atoms with E-state index in [2.05, 4.69) is 21.1 Å². The monoisotopic (exact) mass is 532 g/mol. The van der Waals surface area contributed by atoms with Gasteiger partial charge in [0.1, 0.15) is 11.5 Å². The minimum Gasteiger partial charge on any atom is -0.511 e. The zero-order valence-corrected chi connectivity index (χ0v) is 20.8. The second-order valence-corrected chi connectivity index (χ2v) is 9.92. The van der Waals surface area contributed by atoms with Crippen LogP contribution in [0.2, 0.25) is 0 Å². The van der Waals surface area contributed by atoms with Crippen LogP contribution in [0.3, 0.4) is 0 Å². The number of hydrogen-bond donors (Lipinski definition) is 1. The second kappa shape index (κ2) is 10.1. The molecular formula is C28H25BrN2O4. The van der Waals surface area contributed by atoms with Crippen LogP contribution < -0.4 is 0 Å². The number of aryl methyl sites for hydroxylation is 2. The molecule has 5 rings (SSSR count). The molecule has 6 nitrogen and oxygen atoms in total. The van der Waals surface area contributed by atoms with Crippen molar-refractivity contribution in [2.24, 2.45) is 4.99 Å². The van der Waals surface area contributed by atoms with E-state index in [4.69, 9.17) is 9.52 Å². The topological polar surface area (TPSA) is 92.8 Å². The molecule has 1 N–H and O–H groups in total. The number of benzene rings is 2. The summed E-state index contributed by atoms with van der Waals surface area (Å²) in [5.74, 6) is 0.510. The molecule has 1 fully saturated rings. The predicted octanol–water partition coefficient (Wildman–Crippen LogP) is 6.62. The Balaban J connectivity index is 1.46. The minimum atomic E-state index is -0.128. The van der Waals surface area contributed by atoms with E-state index in [1.165, 1.54) is 0 Å². The number of aliphatic imine (C=N–C) groups is 1. The summed E-state index contributed by atoms with van der Waals surface area (Å²) in [6.45, 7) is 0. The van der Waals surface area contributed by atoms with Gasteiger partial charge < -0.3 is 9.63 Å². The van der Waals surface area contributed by atoms with E-state index in [-0.39, 0.29) is 35.2 Å². The van der Waals surface area contributed by atoms with Crippen molar-refractivity contribution in [1.29, 1.82) is 0 Å². The van der Waals surface area contributed by atoms with E-state index in [0.29, 0.717) is 60.5 Å². The molecule has 0 aliphatic heterocycles. The van der Waals surface area contributed by atoms with Crippen molar-refractivity contribution >= 4 is 38.9 Å². The maximum absolute atomic E-state index is 13.3. The zero-order valence-electron chi connectivity index (χ0n) is 19.2. The number of halogens is 1. The Labute approximate surface area is 211 Å². The van der Waals surface area contributed by atoms with Crippen molar-refractivity contribution in [1.82, 2.24) is 5.16 Å². The Kier molecular flexibility index (Phi) is 6.77. The first-order valence-corrected chi connectivity index (χ1v) is 12.6. The maximum atomic E-state index is 13.3. The van der Waals surface area contributed by atoms with Gasteiger partial charge in [-0.05, 0) is 48.6 Å². The van der Waals surface area contributed by atoms with Crippen LogP contribution >= 0.6 is 15.9 Å². The Morgan fingerprint density at radius 1 is 1.03 bits per heavy atom. The van der Waals surface area contributed by atoms with Gasteiger partial charge in [0.15, 0.2) is 11.6 Å². The van der Waals surface area contributed by atoms with Crippen LogP contribution in [-0.2, 0) is 17.6 Å². The fourth-order valence-electron chi connectivity index (χ4n) is 4.87. The van der Waals surface area contributed by atoms with Crippen molar-refractivity contribution < 1.29 is 19.2 Å². The van der Waals surface area contributed by atoms with Crippen molar-refractivity contribution in [2.75, 3.05) is 0 Å². The number of nitrogens with zero attached hydrogens (tertiary/aromatic N) is 2. The molecule has 0 spiro atoms. The molecule has 1 saturated carbocycles. The summed E-state index contributed by atoms with van der Waals surface area (Å²) in [5.41, 5.74) is 3.75. The first-order valence-electron chi connectivity index (χ1n) is 11.8. The molecule has 1 heterocycles. The summed E-state index contributed by atoms with van der Waals surface area (Å²) in [6, 6.07) is 17.5. The molecular weight excluding hydrogens is 508 g/mol. The number of allylic oxidation sites excluding steroid dienone is 2. The van der Waals surface area contributed by atoms with Crippen molar-refractivity contribution in [3.8, 4) is 0 Å². The zero-order chi connectivity index (χ0) is 24.4. The fourth-order valence-corrected chi connectivity index (χ4v) is 5.14. The second-order valence-electron chi connectivity index (χ2n) is 9.00. The molecule has 0 bridgehead atoms. The number of Topliss-reactive ketones (excluding diaryl/α,β-unsaturated/α-hetero) is 2.